The van der Waals surface area contributed by atoms with E-state index in [0.717, 1.165) is 4.47 Å². The number of hydrogen-bond acceptors (Lipinski definition) is 4. The number of rotatable bonds is 3. The van der Waals surface area contributed by atoms with Crippen LogP contribution < -0.4 is 4.74 Å². The number of nitrogens with zero attached hydrogens (tertiary/aromatic N) is 3. The molecule has 2 fully saturated rings. The van der Waals surface area contributed by atoms with Crippen molar-refractivity contribution in [3.63, 3.8) is 0 Å². The number of ether oxygens (including phenoxy) is 1. The Labute approximate surface area is 147 Å². The molecule has 24 heavy (non-hydrogen) atoms. The largest absolute Gasteiger partial charge is 0.460 e. The number of halogens is 3. The van der Waals surface area contributed by atoms with Crippen LogP contribution in [-0.4, -0.2) is 45.9 Å². The van der Waals surface area contributed by atoms with Gasteiger partial charge in [-0.1, -0.05) is 0 Å². The highest BCUT2D eigenvalue weighted by molar-refractivity contribution is 9.10. The van der Waals surface area contributed by atoms with E-state index >= 15 is 0 Å². The summed E-state index contributed by atoms with van der Waals surface area (Å²) >= 11 is 3.27. The smallest absolute Gasteiger partial charge is 0.316 e. The number of likely N-dealkylation sites (tertiary alicyclic amines) is 1. The van der Waals surface area contributed by atoms with Crippen molar-refractivity contribution in [3.8, 4) is 6.01 Å². The van der Waals surface area contributed by atoms with Crippen molar-refractivity contribution in [1.82, 2.24) is 14.9 Å². The van der Waals surface area contributed by atoms with Crippen LogP contribution in [0, 0.1) is 5.92 Å². The second-order valence-electron chi connectivity index (χ2n) is 6.46. The van der Waals surface area contributed by atoms with E-state index < -0.39 is 5.92 Å². The fourth-order valence-electron chi connectivity index (χ4n) is 3.25. The molecule has 2 aliphatic rings. The van der Waals surface area contributed by atoms with Crippen LogP contribution in [0.2, 0.25) is 0 Å². The van der Waals surface area contributed by atoms with Gasteiger partial charge in [-0.15, -0.1) is 0 Å². The van der Waals surface area contributed by atoms with Crippen LogP contribution >= 0.6 is 15.9 Å². The van der Waals surface area contributed by atoms with Crippen molar-refractivity contribution in [3.05, 3.63) is 16.9 Å². The molecule has 0 atom stereocenters. The van der Waals surface area contributed by atoms with E-state index in [1.54, 1.807) is 17.3 Å². The number of alkyl halides is 2. The van der Waals surface area contributed by atoms with Crippen molar-refractivity contribution >= 4 is 21.8 Å². The average Bonchev–Trinajstić information content (AvgIpc) is 2.57. The molecular formula is C16H20BrF2N3O2. The standard InChI is InChI=1S/C16H20BrF2N3O2/c17-12-9-20-15(21-10-12)24-13-3-7-22(8-4-13)14(23)11-1-5-16(18,19)6-2-11/h9-11,13H,1-8H2. The van der Waals surface area contributed by atoms with Crippen LogP contribution in [0.4, 0.5) is 8.78 Å². The van der Waals surface area contributed by atoms with E-state index in [1.165, 1.54) is 0 Å². The number of aromatic nitrogens is 2. The SMILES string of the molecule is O=C(C1CCC(F)(F)CC1)N1CCC(Oc2ncc(Br)cn2)CC1. The minimum absolute atomic E-state index is 0.0174. The lowest BCUT2D eigenvalue weighted by Crippen LogP contribution is -2.45. The van der Waals surface area contributed by atoms with Gasteiger partial charge in [0.25, 0.3) is 0 Å². The first-order chi connectivity index (χ1) is 11.4. The number of carbonyl (C=O) groups is 1. The highest BCUT2D eigenvalue weighted by Crippen LogP contribution is 2.37. The Morgan fingerprint density at radius 1 is 1.17 bits per heavy atom. The lowest BCUT2D eigenvalue weighted by Gasteiger charge is -2.36. The summed E-state index contributed by atoms with van der Waals surface area (Å²) in [5.74, 6) is -2.83. The number of piperidine rings is 1. The quantitative estimate of drug-likeness (QED) is 0.775. The third-order valence-electron chi connectivity index (χ3n) is 4.69. The van der Waals surface area contributed by atoms with E-state index in [1.807, 2.05) is 0 Å². The van der Waals surface area contributed by atoms with E-state index in [2.05, 4.69) is 25.9 Å². The first kappa shape index (κ1) is 17.5. The molecule has 0 N–H and O–H groups in total. The monoisotopic (exact) mass is 403 g/mol. The second-order valence-corrected chi connectivity index (χ2v) is 7.37. The Bertz CT molecular complexity index is 567. The molecule has 1 amide bonds. The summed E-state index contributed by atoms with van der Waals surface area (Å²) in [5.41, 5.74) is 0. The van der Waals surface area contributed by atoms with Gasteiger partial charge in [0.1, 0.15) is 6.10 Å². The molecule has 1 aliphatic carbocycles. The predicted molar refractivity (Wildman–Crippen MR) is 86.9 cm³/mol. The summed E-state index contributed by atoms with van der Waals surface area (Å²) in [6.45, 7) is 1.18. The summed E-state index contributed by atoms with van der Waals surface area (Å²) in [4.78, 5) is 22.4. The molecule has 1 aliphatic heterocycles. The molecular weight excluding hydrogens is 384 g/mol. The third kappa shape index (κ3) is 4.40. The Balaban J connectivity index is 1.46. The molecule has 0 unspecified atom stereocenters. The van der Waals surface area contributed by atoms with Gasteiger partial charge in [-0.3, -0.25) is 4.79 Å². The molecule has 0 bridgehead atoms. The minimum Gasteiger partial charge on any atom is -0.460 e. The molecule has 0 aromatic carbocycles. The van der Waals surface area contributed by atoms with E-state index in [4.69, 9.17) is 4.74 Å². The van der Waals surface area contributed by atoms with Gasteiger partial charge in [0.2, 0.25) is 11.8 Å². The molecule has 1 saturated heterocycles. The van der Waals surface area contributed by atoms with Crippen molar-refractivity contribution in [2.24, 2.45) is 5.92 Å². The predicted octanol–water partition coefficient (Wildman–Crippen LogP) is 3.43. The molecule has 1 saturated carbocycles. The maximum absolute atomic E-state index is 13.2. The lowest BCUT2D eigenvalue weighted by atomic mass is 9.85. The number of amides is 1. The number of hydrogen-bond donors (Lipinski definition) is 0. The van der Waals surface area contributed by atoms with Gasteiger partial charge in [0.15, 0.2) is 0 Å². The first-order valence-corrected chi connectivity index (χ1v) is 9.03. The zero-order chi connectivity index (χ0) is 17.2. The molecule has 0 spiro atoms. The lowest BCUT2D eigenvalue weighted by molar-refractivity contribution is -0.141. The molecule has 1 aromatic heterocycles. The maximum Gasteiger partial charge on any atom is 0.316 e. The van der Waals surface area contributed by atoms with Gasteiger partial charge in [0, 0.05) is 57.1 Å². The zero-order valence-corrected chi connectivity index (χ0v) is 14.8. The fraction of sp³-hybridized carbons (Fsp3) is 0.688. The molecule has 0 radical (unpaired) electrons. The van der Waals surface area contributed by atoms with Gasteiger partial charge in [0.05, 0.1) is 4.47 Å². The van der Waals surface area contributed by atoms with Crippen molar-refractivity contribution in [1.29, 1.82) is 0 Å². The Morgan fingerprint density at radius 2 is 1.75 bits per heavy atom. The van der Waals surface area contributed by atoms with Gasteiger partial charge in [-0.2, -0.15) is 0 Å². The first-order valence-electron chi connectivity index (χ1n) is 8.24. The Kier molecular flexibility index (Phi) is 5.32. The molecule has 2 heterocycles. The molecule has 1 aromatic rings. The normalized spacial score (nSPS) is 22.4. The summed E-state index contributed by atoms with van der Waals surface area (Å²) in [6.07, 6.45) is 4.85. The van der Waals surface area contributed by atoms with Crippen molar-refractivity contribution in [2.45, 2.75) is 50.6 Å². The average molecular weight is 404 g/mol. The van der Waals surface area contributed by atoms with Crippen LogP contribution in [-0.2, 0) is 4.79 Å². The van der Waals surface area contributed by atoms with Crippen molar-refractivity contribution in [2.75, 3.05) is 13.1 Å². The summed E-state index contributed by atoms with van der Waals surface area (Å²) in [6, 6.07) is 0.331. The summed E-state index contributed by atoms with van der Waals surface area (Å²) in [7, 11) is 0. The summed E-state index contributed by atoms with van der Waals surface area (Å²) in [5, 5.41) is 0. The van der Waals surface area contributed by atoms with Crippen molar-refractivity contribution < 1.29 is 18.3 Å². The highest BCUT2D eigenvalue weighted by atomic mass is 79.9. The second kappa shape index (κ2) is 7.29. The van der Waals surface area contributed by atoms with Crippen LogP contribution in [0.5, 0.6) is 6.01 Å². The van der Waals surface area contributed by atoms with Gasteiger partial charge in [-0.25, -0.2) is 18.7 Å². The van der Waals surface area contributed by atoms with Gasteiger partial charge >= 0.3 is 6.01 Å². The van der Waals surface area contributed by atoms with Crippen LogP contribution in [0.15, 0.2) is 16.9 Å². The topological polar surface area (TPSA) is 55.3 Å². The zero-order valence-electron chi connectivity index (χ0n) is 13.3. The van der Waals surface area contributed by atoms with Gasteiger partial charge in [-0.05, 0) is 28.8 Å². The van der Waals surface area contributed by atoms with Crippen LogP contribution in [0.1, 0.15) is 38.5 Å². The van der Waals surface area contributed by atoms with E-state index in [-0.39, 0.29) is 43.6 Å². The molecule has 3 rings (SSSR count). The molecule has 8 heteroatoms. The van der Waals surface area contributed by atoms with E-state index in [0.29, 0.717) is 31.9 Å². The molecule has 5 nitrogen and oxygen atoms in total. The van der Waals surface area contributed by atoms with E-state index in [9.17, 15) is 13.6 Å². The maximum atomic E-state index is 13.2. The number of carbonyl (C=O) groups excluding carboxylic acids is 1. The summed E-state index contributed by atoms with van der Waals surface area (Å²) < 4.78 is 32.9. The third-order valence-corrected chi connectivity index (χ3v) is 5.10. The Hall–Kier alpha value is -1.31. The van der Waals surface area contributed by atoms with Gasteiger partial charge < -0.3 is 9.64 Å². The van der Waals surface area contributed by atoms with Crippen LogP contribution in [0.25, 0.3) is 0 Å². The van der Waals surface area contributed by atoms with Crippen LogP contribution in [0.3, 0.4) is 0 Å². The Morgan fingerprint density at radius 3 is 2.33 bits per heavy atom. The minimum atomic E-state index is -2.59. The highest BCUT2D eigenvalue weighted by Gasteiger charge is 2.39. The fourth-order valence-corrected chi connectivity index (χ4v) is 3.45. The molecule has 132 valence electrons.